The van der Waals surface area contributed by atoms with Crippen molar-refractivity contribution >= 4 is 15.9 Å². The van der Waals surface area contributed by atoms with Crippen LogP contribution in [-0.4, -0.2) is 4.98 Å². The molecule has 4 heteroatoms. The highest BCUT2D eigenvalue weighted by Gasteiger charge is 2.10. The van der Waals surface area contributed by atoms with E-state index in [0.717, 1.165) is 5.56 Å². The first-order valence-corrected chi connectivity index (χ1v) is 5.48. The molecule has 0 atom stereocenters. The van der Waals surface area contributed by atoms with Crippen molar-refractivity contribution in [2.24, 2.45) is 0 Å². The van der Waals surface area contributed by atoms with Crippen LogP contribution in [0.4, 0.5) is 8.78 Å². The van der Waals surface area contributed by atoms with Gasteiger partial charge in [0.1, 0.15) is 11.6 Å². The van der Waals surface area contributed by atoms with Crippen LogP contribution in [0.1, 0.15) is 11.1 Å². The summed E-state index contributed by atoms with van der Waals surface area (Å²) in [4.78, 5) is 3.90. The zero-order valence-electron chi connectivity index (χ0n) is 8.25. The van der Waals surface area contributed by atoms with Gasteiger partial charge in [-0.05, 0) is 23.8 Å². The molecule has 0 aliphatic rings. The lowest BCUT2D eigenvalue weighted by Crippen LogP contribution is -1.97. The van der Waals surface area contributed by atoms with Gasteiger partial charge in [-0.3, -0.25) is 4.98 Å². The highest BCUT2D eigenvalue weighted by atomic mass is 79.9. The van der Waals surface area contributed by atoms with Crippen LogP contribution < -0.4 is 0 Å². The van der Waals surface area contributed by atoms with Crippen LogP contribution in [0.25, 0.3) is 0 Å². The Bertz CT molecular complexity index is 477. The predicted octanol–water partition coefficient (Wildman–Crippen LogP) is 3.71. The zero-order chi connectivity index (χ0) is 11.5. The average molecular weight is 284 g/mol. The Morgan fingerprint density at radius 1 is 1.19 bits per heavy atom. The molecule has 1 aromatic carbocycles. The average Bonchev–Trinajstić information content (AvgIpc) is 2.25. The number of rotatable bonds is 2. The van der Waals surface area contributed by atoms with Gasteiger partial charge >= 0.3 is 0 Å². The molecule has 82 valence electrons. The summed E-state index contributed by atoms with van der Waals surface area (Å²) >= 11 is 3.04. The molecule has 0 radical (unpaired) electrons. The minimum absolute atomic E-state index is 0.0659. The Labute approximate surface area is 100 Å². The van der Waals surface area contributed by atoms with Crippen LogP contribution in [0.3, 0.4) is 0 Å². The van der Waals surface area contributed by atoms with E-state index >= 15 is 0 Å². The van der Waals surface area contributed by atoms with E-state index in [9.17, 15) is 8.78 Å². The van der Waals surface area contributed by atoms with Crippen molar-refractivity contribution in [3.63, 3.8) is 0 Å². The fourth-order valence-electron chi connectivity index (χ4n) is 1.45. The summed E-state index contributed by atoms with van der Waals surface area (Å²) < 4.78 is 27.4. The molecule has 0 bridgehead atoms. The van der Waals surface area contributed by atoms with Crippen LogP contribution in [0.2, 0.25) is 0 Å². The highest BCUT2D eigenvalue weighted by molar-refractivity contribution is 9.10. The number of nitrogens with zero attached hydrogens (tertiary/aromatic N) is 1. The summed E-state index contributed by atoms with van der Waals surface area (Å²) in [5.41, 5.74) is 0.846. The molecule has 1 heterocycles. The Morgan fingerprint density at radius 2 is 1.88 bits per heavy atom. The van der Waals surface area contributed by atoms with Crippen molar-refractivity contribution in [3.05, 3.63) is 63.9 Å². The second-order valence-corrected chi connectivity index (χ2v) is 4.30. The maximum absolute atomic E-state index is 13.5. The molecule has 2 aromatic rings. The van der Waals surface area contributed by atoms with Crippen LogP contribution in [0, 0.1) is 11.6 Å². The normalized spacial score (nSPS) is 10.4. The molecule has 0 amide bonds. The highest BCUT2D eigenvalue weighted by Crippen LogP contribution is 2.21. The zero-order valence-corrected chi connectivity index (χ0v) is 9.84. The van der Waals surface area contributed by atoms with Crippen LogP contribution in [0.5, 0.6) is 0 Å². The van der Waals surface area contributed by atoms with Gasteiger partial charge in [0, 0.05) is 28.9 Å². The Hall–Kier alpha value is -1.29. The molecule has 0 aliphatic heterocycles. The first-order chi connectivity index (χ1) is 7.66. The van der Waals surface area contributed by atoms with Gasteiger partial charge in [-0.1, -0.05) is 22.0 Å². The van der Waals surface area contributed by atoms with Gasteiger partial charge in [-0.25, -0.2) is 8.78 Å². The van der Waals surface area contributed by atoms with E-state index in [4.69, 9.17) is 0 Å². The Balaban J connectivity index is 2.35. The van der Waals surface area contributed by atoms with Gasteiger partial charge in [0.25, 0.3) is 0 Å². The second kappa shape index (κ2) is 4.70. The van der Waals surface area contributed by atoms with Gasteiger partial charge in [-0.2, -0.15) is 0 Å². The molecule has 1 aromatic heterocycles. The van der Waals surface area contributed by atoms with E-state index in [1.807, 2.05) is 0 Å². The minimum atomic E-state index is -0.546. The molecule has 0 saturated heterocycles. The third kappa shape index (κ3) is 2.44. The first kappa shape index (κ1) is 11.2. The van der Waals surface area contributed by atoms with Crippen molar-refractivity contribution < 1.29 is 8.78 Å². The molecule has 0 aliphatic carbocycles. The van der Waals surface area contributed by atoms with E-state index in [2.05, 4.69) is 20.9 Å². The second-order valence-electron chi connectivity index (χ2n) is 3.39. The lowest BCUT2D eigenvalue weighted by Gasteiger charge is -2.05. The quantitative estimate of drug-likeness (QED) is 0.819. The van der Waals surface area contributed by atoms with Crippen molar-refractivity contribution in [1.29, 1.82) is 0 Å². The van der Waals surface area contributed by atoms with E-state index in [1.54, 1.807) is 24.5 Å². The largest absolute Gasteiger partial charge is 0.264 e. The Morgan fingerprint density at radius 3 is 2.44 bits per heavy atom. The molecular weight excluding hydrogens is 276 g/mol. The summed E-state index contributed by atoms with van der Waals surface area (Å²) in [6.45, 7) is 0. The molecule has 0 fully saturated rings. The molecular formula is C12H8BrF2N. The number of benzene rings is 1. The summed E-state index contributed by atoms with van der Waals surface area (Å²) in [7, 11) is 0. The van der Waals surface area contributed by atoms with Gasteiger partial charge < -0.3 is 0 Å². The number of aromatic nitrogens is 1. The maximum atomic E-state index is 13.5. The molecule has 0 unspecified atom stereocenters. The van der Waals surface area contributed by atoms with Crippen LogP contribution in [-0.2, 0) is 6.42 Å². The van der Waals surface area contributed by atoms with Crippen molar-refractivity contribution in [2.75, 3.05) is 0 Å². The molecule has 1 nitrogen and oxygen atoms in total. The SMILES string of the molecule is Fc1cc(Br)cc(F)c1Cc1cccnc1. The van der Waals surface area contributed by atoms with Gasteiger partial charge in [0.05, 0.1) is 0 Å². The van der Waals surface area contributed by atoms with Gasteiger partial charge in [0.15, 0.2) is 0 Å². The maximum Gasteiger partial charge on any atom is 0.130 e. The number of halogens is 3. The monoisotopic (exact) mass is 283 g/mol. The van der Waals surface area contributed by atoms with E-state index in [1.165, 1.54) is 12.1 Å². The van der Waals surface area contributed by atoms with Crippen LogP contribution in [0.15, 0.2) is 41.1 Å². The van der Waals surface area contributed by atoms with Crippen molar-refractivity contribution in [3.8, 4) is 0 Å². The minimum Gasteiger partial charge on any atom is -0.264 e. The first-order valence-electron chi connectivity index (χ1n) is 4.69. The molecule has 0 N–H and O–H groups in total. The lowest BCUT2D eigenvalue weighted by molar-refractivity contribution is 0.560. The number of hydrogen-bond acceptors (Lipinski definition) is 1. The molecule has 0 saturated carbocycles. The third-order valence-corrected chi connectivity index (χ3v) is 2.67. The molecule has 0 spiro atoms. The van der Waals surface area contributed by atoms with Gasteiger partial charge in [0.2, 0.25) is 0 Å². The third-order valence-electron chi connectivity index (χ3n) is 2.21. The van der Waals surface area contributed by atoms with Gasteiger partial charge in [-0.15, -0.1) is 0 Å². The number of pyridine rings is 1. The predicted molar refractivity (Wildman–Crippen MR) is 61.1 cm³/mol. The molecule has 16 heavy (non-hydrogen) atoms. The van der Waals surface area contributed by atoms with Crippen molar-refractivity contribution in [2.45, 2.75) is 6.42 Å². The number of hydrogen-bond donors (Lipinski definition) is 0. The van der Waals surface area contributed by atoms with E-state index < -0.39 is 11.6 Å². The van der Waals surface area contributed by atoms with E-state index in [-0.39, 0.29) is 12.0 Å². The summed E-state index contributed by atoms with van der Waals surface area (Å²) in [6.07, 6.45) is 3.43. The Kier molecular flexibility index (Phi) is 3.29. The standard InChI is InChI=1S/C12H8BrF2N/c13-9-5-11(14)10(12(15)6-9)4-8-2-1-3-16-7-8/h1-3,5-7H,4H2. The van der Waals surface area contributed by atoms with Crippen LogP contribution >= 0.6 is 15.9 Å². The van der Waals surface area contributed by atoms with E-state index in [0.29, 0.717) is 4.47 Å². The lowest BCUT2D eigenvalue weighted by atomic mass is 10.1. The summed E-state index contributed by atoms with van der Waals surface area (Å²) in [5.74, 6) is -1.09. The summed E-state index contributed by atoms with van der Waals surface area (Å²) in [6, 6.07) is 6.04. The topological polar surface area (TPSA) is 12.9 Å². The fourth-order valence-corrected chi connectivity index (χ4v) is 1.85. The smallest absolute Gasteiger partial charge is 0.130 e. The summed E-state index contributed by atoms with van der Waals surface area (Å²) in [5, 5.41) is 0. The fraction of sp³-hybridized carbons (Fsp3) is 0.0833. The molecule has 2 rings (SSSR count). The van der Waals surface area contributed by atoms with Crippen molar-refractivity contribution in [1.82, 2.24) is 4.98 Å².